The van der Waals surface area contributed by atoms with Crippen molar-refractivity contribution >= 4 is 22.6 Å². The fourth-order valence-corrected chi connectivity index (χ4v) is 4.80. The van der Waals surface area contributed by atoms with Gasteiger partial charge in [-0.25, -0.2) is 4.39 Å². The second-order valence-electron chi connectivity index (χ2n) is 9.28. The van der Waals surface area contributed by atoms with Crippen molar-refractivity contribution < 1.29 is 18.7 Å². The minimum Gasteiger partial charge on any atom is -0.488 e. The molecule has 4 rings (SSSR count). The molecule has 0 aliphatic carbocycles. The highest BCUT2D eigenvalue weighted by molar-refractivity contribution is 6.05. The first-order valence-corrected chi connectivity index (χ1v) is 12.2. The van der Waals surface area contributed by atoms with E-state index in [0.717, 1.165) is 18.7 Å². The highest BCUT2D eigenvalue weighted by Gasteiger charge is 2.28. The van der Waals surface area contributed by atoms with E-state index in [-0.39, 0.29) is 41.3 Å². The van der Waals surface area contributed by atoms with Crippen LogP contribution in [-0.2, 0) is 18.3 Å². The van der Waals surface area contributed by atoms with E-state index >= 15 is 0 Å². The van der Waals surface area contributed by atoms with Crippen molar-refractivity contribution in [1.29, 1.82) is 0 Å². The Bertz CT molecular complexity index is 1320. The van der Waals surface area contributed by atoms with Gasteiger partial charge >= 0.3 is 0 Å². The van der Waals surface area contributed by atoms with Crippen molar-refractivity contribution in [3.63, 3.8) is 0 Å². The summed E-state index contributed by atoms with van der Waals surface area (Å²) in [6.45, 7) is 6.94. The number of aromatic nitrogens is 2. The number of carbonyl (C=O) groups excluding carboxylic acids is 2. The number of likely N-dealkylation sites (tertiary alicyclic amines) is 1. The van der Waals surface area contributed by atoms with Gasteiger partial charge in [-0.3, -0.25) is 19.0 Å². The smallest absolute Gasteiger partial charge is 0.268 e. The second kappa shape index (κ2) is 10.1. The number of amides is 1. The minimum atomic E-state index is -0.381. The molecule has 1 amide bonds. The van der Waals surface area contributed by atoms with E-state index < -0.39 is 0 Å². The van der Waals surface area contributed by atoms with Crippen molar-refractivity contribution in [3.05, 3.63) is 57.9 Å². The van der Waals surface area contributed by atoms with Gasteiger partial charge in [0.2, 0.25) is 5.91 Å². The standard InChI is InChI=1S/C27H32FN3O4/c1-5-19-16-21-24(27(34)31(19)20-12-10-18(28)11-13-20)26(35-17(2)3)25(29(21)4)22(32)8-6-14-30-15-7-9-23(30)33/h10-13,16-17H,5-9,14-15H2,1-4H3. The van der Waals surface area contributed by atoms with Crippen LogP contribution in [0.3, 0.4) is 0 Å². The summed E-state index contributed by atoms with van der Waals surface area (Å²) in [5.74, 6) is -0.0904. The topological polar surface area (TPSA) is 73.5 Å². The first-order chi connectivity index (χ1) is 16.7. The predicted octanol–water partition coefficient (Wildman–Crippen LogP) is 4.40. The second-order valence-corrected chi connectivity index (χ2v) is 9.28. The number of pyridine rings is 1. The number of nitrogens with zero attached hydrogens (tertiary/aromatic N) is 3. The number of halogens is 1. The van der Waals surface area contributed by atoms with Gasteiger partial charge in [-0.05, 0) is 63.4 Å². The molecule has 0 saturated carbocycles. The highest BCUT2D eigenvalue weighted by atomic mass is 19.1. The third-order valence-corrected chi connectivity index (χ3v) is 6.47. The quantitative estimate of drug-likeness (QED) is 0.425. The van der Waals surface area contributed by atoms with Gasteiger partial charge in [0.25, 0.3) is 5.56 Å². The molecule has 0 spiro atoms. The Hall–Kier alpha value is -3.42. The van der Waals surface area contributed by atoms with E-state index in [1.54, 1.807) is 33.2 Å². The Morgan fingerprint density at radius 3 is 2.49 bits per heavy atom. The van der Waals surface area contributed by atoms with Crippen molar-refractivity contribution in [3.8, 4) is 11.4 Å². The van der Waals surface area contributed by atoms with Crippen LogP contribution in [0.15, 0.2) is 35.1 Å². The third-order valence-electron chi connectivity index (χ3n) is 6.47. The van der Waals surface area contributed by atoms with Gasteiger partial charge in [-0.15, -0.1) is 0 Å². The van der Waals surface area contributed by atoms with E-state index in [0.29, 0.717) is 48.1 Å². The number of ketones is 1. The van der Waals surface area contributed by atoms with Crippen LogP contribution < -0.4 is 10.3 Å². The zero-order valence-electron chi connectivity index (χ0n) is 20.8. The summed E-state index contributed by atoms with van der Waals surface area (Å²) in [7, 11) is 1.77. The molecular formula is C27H32FN3O4. The van der Waals surface area contributed by atoms with Crippen LogP contribution in [0.4, 0.5) is 4.39 Å². The molecule has 186 valence electrons. The molecule has 1 fully saturated rings. The lowest BCUT2D eigenvalue weighted by atomic mass is 10.1. The first kappa shape index (κ1) is 24.7. The van der Waals surface area contributed by atoms with Crippen LogP contribution in [0.5, 0.6) is 5.75 Å². The van der Waals surface area contributed by atoms with Crippen molar-refractivity contribution in [2.24, 2.45) is 7.05 Å². The lowest BCUT2D eigenvalue weighted by molar-refractivity contribution is -0.127. The Labute approximate surface area is 204 Å². The molecular weight excluding hydrogens is 449 g/mol. The molecule has 0 radical (unpaired) electrons. The molecule has 1 aromatic carbocycles. The van der Waals surface area contributed by atoms with E-state index in [1.807, 2.05) is 26.8 Å². The van der Waals surface area contributed by atoms with Crippen LogP contribution in [-0.4, -0.2) is 44.9 Å². The molecule has 0 N–H and O–H groups in total. The third kappa shape index (κ3) is 4.74. The van der Waals surface area contributed by atoms with Crippen molar-refractivity contribution in [1.82, 2.24) is 14.0 Å². The number of aryl methyl sites for hydroxylation is 2. The number of hydrogen-bond donors (Lipinski definition) is 0. The summed E-state index contributed by atoms with van der Waals surface area (Å²) in [6, 6.07) is 7.68. The lowest BCUT2D eigenvalue weighted by Crippen LogP contribution is -2.26. The Balaban J connectivity index is 1.80. The number of hydrogen-bond acceptors (Lipinski definition) is 4. The van der Waals surface area contributed by atoms with Gasteiger partial charge in [0.1, 0.15) is 16.9 Å². The number of Topliss-reactive ketones (excluding diaryl/α,β-unsaturated/α-hetero) is 1. The fourth-order valence-electron chi connectivity index (χ4n) is 4.80. The molecule has 3 heterocycles. The maximum atomic E-state index is 13.8. The molecule has 1 saturated heterocycles. The largest absolute Gasteiger partial charge is 0.488 e. The van der Waals surface area contributed by atoms with E-state index in [4.69, 9.17) is 4.74 Å². The maximum absolute atomic E-state index is 13.8. The number of rotatable bonds is 9. The van der Waals surface area contributed by atoms with E-state index in [9.17, 15) is 18.8 Å². The number of fused-ring (bicyclic) bond motifs is 1. The molecule has 1 aliphatic heterocycles. The summed E-state index contributed by atoms with van der Waals surface area (Å²) in [5.41, 5.74) is 1.98. The predicted molar refractivity (Wildman–Crippen MR) is 133 cm³/mol. The van der Waals surface area contributed by atoms with Crippen molar-refractivity contribution in [2.45, 2.75) is 59.0 Å². The average molecular weight is 482 g/mol. The molecule has 2 aromatic heterocycles. The summed E-state index contributed by atoms with van der Waals surface area (Å²) in [4.78, 5) is 40.9. The van der Waals surface area contributed by atoms with Gasteiger partial charge in [-0.2, -0.15) is 0 Å². The Morgan fingerprint density at radius 2 is 1.89 bits per heavy atom. The molecule has 8 heteroatoms. The highest BCUT2D eigenvalue weighted by Crippen LogP contribution is 2.33. The monoisotopic (exact) mass is 481 g/mol. The van der Waals surface area contributed by atoms with E-state index in [1.165, 1.54) is 12.1 Å². The average Bonchev–Trinajstić information content (AvgIpc) is 3.34. The molecule has 35 heavy (non-hydrogen) atoms. The molecule has 0 atom stereocenters. The molecule has 1 aliphatic rings. The molecule has 0 unspecified atom stereocenters. The van der Waals surface area contributed by atoms with Crippen LogP contribution in [0, 0.1) is 5.82 Å². The summed E-state index contributed by atoms with van der Waals surface area (Å²) in [6.07, 6.45) is 2.55. The summed E-state index contributed by atoms with van der Waals surface area (Å²) < 4.78 is 22.9. The zero-order valence-corrected chi connectivity index (χ0v) is 20.8. The number of benzene rings is 1. The van der Waals surface area contributed by atoms with Gasteiger partial charge in [0.05, 0.1) is 11.6 Å². The lowest BCUT2D eigenvalue weighted by Gasteiger charge is -2.15. The Kier molecular flexibility index (Phi) is 7.10. The SMILES string of the molecule is CCc1cc2c(c(OC(C)C)c(C(=O)CCCN3CCCC3=O)n2C)c(=O)n1-c1ccc(F)cc1. The van der Waals surface area contributed by atoms with Gasteiger partial charge in [0.15, 0.2) is 11.5 Å². The maximum Gasteiger partial charge on any atom is 0.268 e. The normalized spacial score (nSPS) is 13.9. The summed E-state index contributed by atoms with van der Waals surface area (Å²) >= 11 is 0. The molecule has 0 bridgehead atoms. The zero-order chi connectivity index (χ0) is 25.3. The molecule has 7 nitrogen and oxygen atoms in total. The van der Waals surface area contributed by atoms with Crippen LogP contribution in [0.25, 0.3) is 16.6 Å². The fraction of sp³-hybridized carbons (Fsp3) is 0.444. The molecule has 3 aromatic rings. The summed E-state index contributed by atoms with van der Waals surface area (Å²) in [5, 5.41) is 0.334. The van der Waals surface area contributed by atoms with Gasteiger partial charge in [0, 0.05) is 44.4 Å². The van der Waals surface area contributed by atoms with Gasteiger partial charge < -0.3 is 14.2 Å². The minimum absolute atomic E-state index is 0.128. The van der Waals surface area contributed by atoms with Crippen molar-refractivity contribution in [2.75, 3.05) is 13.1 Å². The first-order valence-electron chi connectivity index (χ1n) is 12.2. The van der Waals surface area contributed by atoms with Gasteiger partial charge in [-0.1, -0.05) is 6.92 Å². The number of ether oxygens (including phenoxy) is 1. The van der Waals surface area contributed by atoms with Crippen LogP contribution >= 0.6 is 0 Å². The van der Waals surface area contributed by atoms with Crippen LogP contribution in [0.2, 0.25) is 0 Å². The van der Waals surface area contributed by atoms with Crippen LogP contribution in [0.1, 0.15) is 62.6 Å². The Morgan fingerprint density at radius 1 is 1.17 bits per heavy atom. The van der Waals surface area contributed by atoms with E-state index in [2.05, 4.69) is 0 Å². The number of carbonyl (C=O) groups is 2.